The molecule has 14 heavy (non-hydrogen) atoms. The highest BCUT2D eigenvalue weighted by Crippen LogP contribution is 2.18. The first-order valence-electron chi connectivity index (χ1n) is 4.45. The second-order valence-corrected chi connectivity index (χ2v) is 3.03. The first-order chi connectivity index (χ1) is 6.77. The largest absolute Gasteiger partial charge is 0.491 e. The van der Waals surface area contributed by atoms with Crippen molar-refractivity contribution >= 4 is 11.6 Å². The van der Waals surface area contributed by atoms with Crippen LogP contribution in [0.3, 0.4) is 0 Å². The number of halogens is 2. The van der Waals surface area contributed by atoms with E-state index in [1.165, 1.54) is 6.07 Å². The van der Waals surface area contributed by atoms with E-state index in [9.17, 15) is 4.39 Å². The molecule has 0 amide bonds. The minimum absolute atomic E-state index is 0.294. The van der Waals surface area contributed by atoms with Crippen molar-refractivity contribution in [1.29, 1.82) is 0 Å². The summed E-state index contributed by atoms with van der Waals surface area (Å²) < 4.78 is 18.4. The molecule has 1 aromatic rings. The molecule has 1 aromatic carbocycles. The predicted octanol–water partition coefficient (Wildman–Crippen LogP) is 2.51. The van der Waals surface area contributed by atoms with Crippen LogP contribution >= 0.6 is 11.6 Å². The number of nitrogens with one attached hydrogen (secondary N) is 1. The smallest absolute Gasteiger partial charge is 0.165 e. The van der Waals surface area contributed by atoms with Crippen molar-refractivity contribution in [2.45, 2.75) is 13.5 Å². The highest BCUT2D eigenvalue weighted by Gasteiger charge is 2.03. The van der Waals surface area contributed by atoms with Crippen molar-refractivity contribution in [2.75, 3.05) is 12.6 Å². The molecule has 1 N–H and O–H groups in total. The molecule has 0 saturated heterocycles. The lowest BCUT2D eigenvalue weighted by Crippen LogP contribution is -2.10. The number of benzene rings is 1. The molecule has 0 aliphatic carbocycles. The number of alkyl halides is 1. The average Bonchev–Trinajstić information content (AvgIpc) is 2.19. The molecule has 0 unspecified atom stereocenters. The van der Waals surface area contributed by atoms with Gasteiger partial charge in [-0.2, -0.15) is 0 Å². The second kappa shape index (κ2) is 5.83. The molecule has 1 rings (SSSR count). The van der Waals surface area contributed by atoms with Crippen molar-refractivity contribution < 1.29 is 9.13 Å². The van der Waals surface area contributed by atoms with Crippen LogP contribution in [-0.4, -0.2) is 12.6 Å². The maximum Gasteiger partial charge on any atom is 0.165 e. The normalized spacial score (nSPS) is 10.2. The SMILES string of the molecule is CCOc1ccc(CNCCl)cc1F. The first kappa shape index (κ1) is 11.3. The molecule has 0 atom stereocenters. The summed E-state index contributed by atoms with van der Waals surface area (Å²) in [5.74, 6) is -0.0390. The Morgan fingerprint density at radius 2 is 2.29 bits per heavy atom. The molecule has 4 heteroatoms. The molecule has 0 aliphatic heterocycles. The monoisotopic (exact) mass is 217 g/mol. The Labute approximate surface area is 88.0 Å². The number of hydrogen-bond acceptors (Lipinski definition) is 2. The molecule has 0 heterocycles. The van der Waals surface area contributed by atoms with Gasteiger partial charge < -0.3 is 4.74 Å². The van der Waals surface area contributed by atoms with Gasteiger partial charge in [0.05, 0.1) is 12.6 Å². The predicted molar refractivity (Wildman–Crippen MR) is 55.1 cm³/mol. The summed E-state index contributed by atoms with van der Waals surface area (Å²) in [6, 6.07) is 5.25. The maximum absolute atomic E-state index is 13.3. The zero-order chi connectivity index (χ0) is 10.4. The molecule has 78 valence electrons. The van der Waals surface area contributed by atoms with Crippen LogP contribution in [0.1, 0.15) is 12.5 Å². The number of rotatable bonds is 5. The summed E-state index contributed by atoms with van der Waals surface area (Å²) in [4.78, 5) is 0. The highest BCUT2D eigenvalue weighted by atomic mass is 35.5. The Balaban J connectivity index is 2.68. The summed E-state index contributed by atoms with van der Waals surface area (Å²) in [6.07, 6.45) is 0. The van der Waals surface area contributed by atoms with E-state index in [4.69, 9.17) is 16.3 Å². The molecular formula is C10H13ClFNO. The average molecular weight is 218 g/mol. The zero-order valence-corrected chi connectivity index (χ0v) is 8.77. The van der Waals surface area contributed by atoms with Crippen LogP contribution in [0.4, 0.5) is 4.39 Å². The van der Waals surface area contributed by atoms with E-state index >= 15 is 0 Å². The quantitative estimate of drug-likeness (QED) is 0.605. The minimum Gasteiger partial charge on any atom is -0.491 e. The van der Waals surface area contributed by atoms with E-state index in [1.807, 2.05) is 13.0 Å². The molecular weight excluding hydrogens is 205 g/mol. The molecule has 0 radical (unpaired) electrons. The van der Waals surface area contributed by atoms with Gasteiger partial charge in [-0.1, -0.05) is 6.07 Å². The number of ether oxygens (including phenoxy) is 1. The van der Waals surface area contributed by atoms with Crippen LogP contribution in [-0.2, 0) is 6.54 Å². The highest BCUT2D eigenvalue weighted by molar-refractivity contribution is 6.17. The van der Waals surface area contributed by atoms with Crippen LogP contribution in [0, 0.1) is 5.82 Å². The van der Waals surface area contributed by atoms with Crippen LogP contribution in [0.25, 0.3) is 0 Å². The van der Waals surface area contributed by atoms with E-state index in [1.54, 1.807) is 6.07 Å². The minimum atomic E-state index is -0.333. The van der Waals surface area contributed by atoms with Gasteiger partial charge in [-0.25, -0.2) is 4.39 Å². The van der Waals surface area contributed by atoms with Crippen molar-refractivity contribution in [3.8, 4) is 5.75 Å². The molecule has 0 spiro atoms. The lowest BCUT2D eigenvalue weighted by atomic mass is 10.2. The Morgan fingerprint density at radius 3 is 2.86 bits per heavy atom. The molecule has 0 aromatic heterocycles. The first-order valence-corrected chi connectivity index (χ1v) is 4.99. The van der Waals surface area contributed by atoms with E-state index in [-0.39, 0.29) is 5.82 Å². The molecule has 2 nitrogen and oxygen atoms in total. The Morgan fingerprint density at radius 1 is 1.50 bits per heavy atom. The van der Waals surface area contributed by atoms with E-state index in [2.05, 4.69) is 5.32 Å². The lowest BCUT2D eigenvalue weighted by molar-refractivity contribution is 0.321. The van der Waals surface area contributed by atoms with E-state index < -0.39 is 0 Å². The fourth-order valence-corrected chi connectivity index (χ4v) is 1.21. The fourth-order valence-electron chi connectivity index (χ4n) is 1.12. The van der Waals surface area contributed by atoms with Gasteiger partial charge >= 0.3 is 0 Å². The third-order valence-electron chi connectivity index (χ3n) is 1.72. The third kappa shape index (κ3) is 3.16. The summed E-state index contributed by atoms with van der Waals surface area (Å²) in [5.41, 5.74) is 0.853. The fraction of sp³-hybridized carbons (Fsp3) is 0.400. The van der Waals surface area contributed by atoms with Crippen LogP contribution < -0.4 is 10.1 Å². The molecule has 0 fully saturated rings. The topological polar surface area (TPSA) is 21.3 Å². The van der Waals surface area contributed by atoms with Gasteiger partial charge in [-0.3, -0.25) is 5.32 Å². The Kier molecular flexibility index (Phi) is 4.70. The van der Waals surface area contributed by atoms with Gasteiger partial charge in [0, 0.05) is 6.54 Å². The summed E-state index contributed by atoms with van der Waals surface area (Å²) >= 11 is 5.44. The van der Waals surface area contributed by atoms with Gasteiger partial charge in [0.25, 0.3) is 0 Å². The van der Waals surface area contributed by atoms with E-state index in [0.717, 1.165) is 5.56 Å². The van der Waals surface area contributed by atoms with Gasteiger partial charge in [0.1, 0.15) is 0 Å². The standard InChI is InChI=1S/C10H13ClFNO/c1-2-14-10-4-3-8(5-9(10)12)6-13-7-11/h3-5,13H,2,6-7H2,1H3. The van der Waals surface area contributed by atoms with Crippen LogP contribution in [0.2, 0.25) is 0 Å². The van der Waals surface area contributed by atoms with Crippen molar-refractivity contribution in [1.82, 2.24) is 5.32 Å². The van der Waals surface area contributed by atoms with Crippen molar-refractivity contribution in [2.24, 2.45) is 0 Å². The Bertz CT molecular complexity index is 293. The molecule has 0 aliphatic rings. The van der Waals surface area contributed by atoms with Gasteiger partial charge in [0.2, 0.25) is 0 Å². The van der Waals surface area contributed by atoms with Gasteiger partial charge in [-0.15, -0.1) is 11.6 Å². The summed E-state index contributed by atoms with van der Waals surface area (Å²) in [5, 5.41) is 2.90. The second-order valence-electron chi connectivity index (χ2n) is 2.76. The third-order valence-corrected chi connectivity index (χ3v) is 1.91. The van der Waals surface area contributed by atoms with Crippen LogP contribution in [0.15, 0.2) is 18.2 Å². The lowest BCUT2D eigenvalue weighted by Gasteiger charge is -2.06. The summed E-state index contributed by atoms with van der Waals surface area (Å²) in [7, 11) is 0. The van der Waals surface area contributed by atoms with Crippen LogP contribution in [0.5, 0.6) is 5.75 Å². The van der Waals surface area contributed by atoms with Gasteiger partial charge in [0.15, 0.2) is 11.6 Å². The summed E-state index contributed by atoms with van der Waals surface area (Å²) in [6.45, 7) is 2.85. The van der Waals surface area contributed by atoms with Gasteiger partial charge in [-0.05, 0) is 24.6 Å². The molecule has 0 saturated carbocycles. The van der Waals surface area contributed by atoms with E-state index in [0.29, 0.717) is 24.9 Å². The molecule has 0 bridgehead atoms. The zero-order valence-electron chi connectivity index (χ0n) is 8.02. The van der Waals surface area contributed by atoms with Crippen molar-refractivity contribution in [3.05, 3.63) is 29.6 Å². The van der Waals surface area contributed by atoms with Crippen molar-refractivity contribution in [3.63, 3.8) is 0 Å². The maximum atomic E-state index is 13.3. The Hall–Kier alpha value is -0.800. The number of hydrogen-bond donors (Lipinski definition) is 1.